The summed E-state index contributed by atoms with van der Waals surface area (Å²) in [4.78, 5) is 17.1. The highest BCUT2D eigenvalue weighted by atomic mass is 35.5. The summed E-state index contributed by atoms with van der Waals surface area (Å²) in [6.45, 7) is 0.478. The number of amides is 1. The third-order valence-electron chi connectivity index (χ3n) is 1.80. The third-order valence-corrected chi connectivity index (χ3v) is 3.10. The molecule has 7 heteroatoms. The topological polar surface area (TPSA) is 69.0 Å². The van der Waals surface area contributed by atoms with E-state index in [0.717, 1.165) is 0 Å². The van der Waals surface area contributed by atoms with Gasteiger partial charge in [-0.25, -0.2) is 4.98 Å². The Balaban J connectivity index is 2.44. The Labute approximate surface area is 103 Å². The number of hydrogen-bond acceptors (Lipinski definition) is 5. The molecular formula is C9H11ClN4OS. The Hall–Kier alpha value is -1.32. The maximum Gasteiger partial charge on any atom is 0.223 e. The highest BCUT2D eigenvalue weighted by Gasteiger charge is 2.09. The SMILES string of the molecule is CN(C)C(=O)CCNc1nc(Cl)c(C#N)s1. The monoisotopic (exact) mass is 258 g/mol. The highest BCUT2D eigenvalue weighted by Crippen LogP contribution is 2.25. The highest BCUT2D eigenvalue weighted by molar-refractivity contribution is 7.16. The van der Waals surface area contributed by atoms with Gasteiger partial charge < -0.3 is 10.2 Å². The fourth-order valence-corrected chi connectivity index (χ4v) is 1.92. The lowest BCUT2D eigenvalue weighted by atomic mass is 10.4. The number of hydrogen-bond donors (Lipinski definition) is 1. The first-order valence-electron chi connectivity index (χ1n) is 4.55. The summed E-state index contributed by atoms with van der Waals surface area (Å²) >= 11 is 6.88. The van der Waals surface area contributed by atoms with Crippen molar-refractivity contribution in [1.29, 1.82) is 5.26 Å². The van der Waals surface area contributed by atoms with Crippen molar-refractivity contribution in [2.75, 3.05) is 26.0 Å². The van der Waals surface area contributed by atoms with E-state index in [1.807, 2.05) is 6.07 Å². The van der Waals surface area contributed by atoms with Crippen molar-refractivity contribution in [3.63, 3.8) is 0 Å². The van der Waals surface area contributed by atoms with Gasteiger partial charge in [0, 0.05) is 27.1 Å². The second-order valence-electron chi connectivity index (χ2n) is 3.22. The molecular weight excluding hydrogens is 248 g/mol. The number of aromatic nitrogens is 1. The number of nitriles is 1. The van der Waals surface area contributed by atoms with E-state index >= 15 is 0 Å². The molecule has 1 heterocycles. The van der Waals surface area contributed by atoms with Crippen molar-refractivity contribution in [2.45, 2.75) is 6.42 Å². The van der Waals surface area contributed by atoms with E-state index in [1.54, 1.807) is 14.1 Å². The van der Waals surface area contributed by atoms with E-state index in [-0.39, 0.29) is 11.1 Å². The van der Waals surface area contributed by atoms with Crippen LogP contribution in [0, 0.1) is 11.3 Å². The molecule has 1 aromatic rings. The van der Waals surface area contributed by atoms with Crippen LogP contribution in [0.4, 0.5) is 5.13 Å². The average molecular weight is 259 g/mol. The molecule has 0 aromatic carbocycles. The maximum absolute atomic E-state index is 11.3. The van der Waals surface area contributed by atoms with Gasteiger partial charge in [-0.2, -0.15) is 5.26 Å². The van der Waals surface area contributed by atoms with Gasteiger partial charge in [-0.1, -0.05) is 22.9 Å². The van der Waals surface area contributed by atoms with Gasteiger partial charge in [0.2, 0.25) is 5.91 Å². The molecule has 0 aliphatic carbocycles. The Morgan fingerprint density at radius 2 is 2.38 bits per heavy atom. The molecule has 1 N–H and O–H groups in total. The van der Waals surface area contributed by atoms with E-state index in [9.17, 15) is 4.79 Å². The molecule has 0 saturated heterocycles. The van der Waals surface area contributed by atoms with Crippen LogP contribution in [-0.4, -0.2) is 36.4 Å². The van der Waals surface area contributed by atoms with E-state index in [1.165, 1.54) is 16.2 Å². The Morgan fingerprint density at radius 3 is 2.88 bits per heavy atom. The maximum atomic E-state index is 11.3. The van der Waals surface area contributed by atoms with Crippen molar-refractivity contribution < 1.29 is 4.79 Å². The van der Waals surface area contributed by atoms with Crippen molar-refractivity contribution in [2.24, 2.45) is 0 Å². The molecule has 0 aliphatic rings. The zero-order valence-corrected chi connectivity index (χ0v) is 10.5. The number of thiazole rings is 1. The molecule has 0 fully saturated rings. The minimum Gasteiger partial charge on any atom is -0.361 e. The van der Waals surface area contributed by atoms with E-state index in [0.29, 0.717) is 23.0 Å². The molecule has 16 heavy (non-hydrogen) atoms. The molecule has 86 valence electrons. The fraction of sp³-hybridized carbons (Fsp3) is 0.444. The molecule has 1 amide bonds. The van der Waals surface area contributed by atoms with E-state index < -0.39 is 0 Å². The standard InChI is InChI=1S/C9H11ClN4OS/c1-14(2)7(15)3-4-12-9-13-8(10)6(5-11)16-9/h3-4H2,1-2H3,(H,12,13). The Kier molecular flexibility index (Phi) is 4.52. The first kappa shape index (κ1) is 12.7. The number of carbonyl (C=O) groups excluding carboxylic acids is 1. The first-order chi connectivity index (χ1) is 7.54. The summed E-state index contributed by atoms with van der Waals surface area (Å²) in [5.41, 5.74) is 0. The van der Waals surface area contributed by atoms with Crippen LogP contribution < -0.4 is 5.32 Å². The van der Waals surface area contributed by atoms with Crippen LogP contribution >= 0.6 is 22.9 Å². The molecule has 0 bridgehead atoms. The van der Waals surface area contributed by atoms with Crippen molar-refractivity contribution in [3.05, 3.63) is 10.0 Å². The minimum atomic E-state index is 0.0376. The van der Waals surface area contributed by atoms with Crippen molar-refractivity contribution in [3.8, 4) is 6.07 Å². The summed E-state index contributed by atoms with van der Waals surface area (Å²) in [7, 11) is 3.41. The van der Waals surface area contributed by atoms with Crippen LogP contribution in [0.3, 0.4) is 0 Å². The lowest BCUT2D eigenvalue weighted by Gasteiger charge is -2.09. The zero-order valence-electron chi connectivity index (χ0n) is 8.95. The number of rotatable bonds is 4. The molecule has 0 aliphatic heterocycles. The number of carbonyl (C=O) groups is 1. The van der Waals surface area contributed by atoms with E-state index in [4.69, 9.17) is 16.9 Å². The third kappa shape index (κ3) is 3.36. The molecule has 0 atom stereocenters. The van der Waals surface area contributed by atoms with Crippen LogP contribution in [0.2, 0.25) is 5.15 Å². The smallest absolute Gasteiger partial charge is 0.223 e. The van der Waals surface area contributed by atoms with Crippen LogP contribution in [0.1, 0.15) is 11.3 Å². The van der Waals surface area contributed by atoms with Crippen LogP contribution in [-0.2, 0) is 4.79 Å². The lowest BCUT2D eigenvalue weighted by Crippen LogP contribution is -2.23. The molecule has 0 unspecified atom stereocenters. The second kappa shape index (κ2) is 5.68. The number of anilines is 1. The number of nitrogens with one attached hydrogen (secondary N) is 1. The summed E-state index contributed by atoms with van der Waals surface area (Å²) in [5.74, 6) is 0.0376. The molecule has 5 nitrogen and oxygen atoms in total. The zero-order chi connectivity index (χ0) is 12.1. The number of halogens is 1. The fourth-order valence-electron chi connectivity index (χ4n) is 0.946. The molecule has 0 saturated carbocycles. The average Bonchev–Trinajstić information content (AvgIpc) is 2.58. The summed E-state index contributed by atoms with van der Waals surface area (Å²) in [6.07, 6.45) is 0.381. The van der Waals surface area contributed by atoms with Gasteiger partial charge in [-0.15, -0.1) is 0 Å². The molecule has 0 radical (unpaired) electrons. The van der Waals surface area contributed by atoms with Crippen LogP contribution in [0.15, 0.2) is 0 Å². The van der Waals surface area contributed by atoms with Gasteiger partial charge in [-0.05, 0) is 0 Å². The van der Waals surface area contributed by atoms with E-state index in [2.05, 4.69) is 10.3 Å². The summed E-state index contributed by atoms with van der Waals surface area (Å²) < 4.78 is 0. The predicted molar refractivity (Wildman–Crippen MR) is 63.6 cm³/mol. The molecule has 1 rings (SSSR count). The van der Waals surface area contributed by atoms with Crippen molar-refractivity contribution >= 4 is 34.0 Å². The first-order valence-corrected chi connectivity index (χ1v) is 5.74. The predicted octanol–water partition coefficient (Wildman–Crippen LogP) is 1.56. The van der Waals surface area contributed by atoms with Gasteiger partial charge in [-0.3, -0.25) is 4.79 Å². The quantitative estimate of drug-likeness (QED) is 0.890. The van der Waals surface area contributed by atoms with Crippen LogP contribution in [0.25, 0.3) is 0 Å². The molecule has 0 spiro atoms. The second-order valence-corrected chi connectivity index (χ2v) is 4.57. The Morgan fingerprint density at radius 1 is 1.69 bits per heavy atom. The number of nitrogens with zero attached hydrogens (tertiary/aromatic N) is 3. The van der Waals surface area contributed by atoms with Gasteiger partial charge in [0.25, 0.3) is 0 Å². The Bertz CT molecular complexity index is 424. The van der Waals surface area contributed by atoms with Gasteiger partial charge in [0.1, 0.15) is 10.9 Å². The molecule has 1 aromatic heterocycles. The van der Waals surface area contributed by atoms with Crippen LogP contribution in [0.5, 0.6) is 0 Å². The van der Waals surface area contributed by atoms with Gasteiger partial charge in [0.05, 0.1) is 0 Å². The van der Waals surface area contributed by atoms with Gasteiger partial charge >= 0.3 is 0 Å². The van der Waals surface area contributed by atoms with Gasteiger partial charge in [0.15, 0.2) is 10.3 Å². The summed E-state index contributed by atoms with van der Waals surface area (Å²) in [5, 5.41) is 12.4. The largest absolute Gasteiger partial charge is 0.361 e. The summed E-state index contributed by atoms with van der Waals surface area (Å²) in [6, 6.07) is 1.94. The lowest BCUT2D eigenvalue weighted by molar-refractivity contribution is -0.128. The minimum absolute atomic E-state index is 0.0376. The normalized spacial score (nSPS) is 9.62. The van der Waals surface area contributed by atoms with Crippen molar-refractivity contribution in [1.82, 2.24) is 9.88 Å².